The number of hydrogen-bond acceptors (Lipinski definition) is 1. The van der Waals surface area contributed by atoms with Crippen molar-refractivity contribution >= 4 is 0 Å². The average Bonchev–Trinajstić information content (AvgIpc) is 2.69. The van der Waals surface area contributed by atoms with E-state index in [0.717, 1.165) is 35.1 Å². The summed E-state index contributed by atoms with van der Waals surface area (Å²) in [6.07, 6.45) is 9.13. The molecule has 3 rings (SSSR count). The molecule has 0 amide bonds. The molecule has 2 heteroatoms. The Labute approximate surface area is 164 Å². The van der Waals surface area contributed by atoms with Crippen LogP contribution in [0, 0.1) is 23.6 Å². The van der Waals surface area contributed by atoms with E-state index in [1.807, 2.05) is 30.3 Å². The molecule has 0 radical (unpaired) electrons. The zero-order chi connectivity index (χ0) is 19.2. The SMILES string of the molecule is CCCC1CCC(C(C)Cc2ccc(-c3ccc(OC)cc3)c(F)c2)CC1. The molecule has 2 aromatic carbocycles. The van der Waals surface area contributed by atoms with E-state index in [0.29, 0.717) is 11.5 Å². The summed E-state index contributed by atoms with van der Waals surface area (Å²) in [5, 5.41) is 0. The van der Waals surface area contributed by atoms with Crippen molar-refractivity contribution in [2.75, 3.05) is 7.11 Å². The molecule has 1 nitrogen and oxygen atoms in total. The summed E-state index contributed by atoms with van der Waals surface area (Å²) in [5.74, 6) is 3.02. The number of methoxy groups -OCH3 is 1. The Morgan fingerprint density at radius 2 is 1.74 bits per heavy atom. The van der Waals surface area contributed by atoms with Crippen molar-refractivity contribution in [3.63, 3.8) is 0 Å². The normalized spacial score (nSPS) is 21.0. The van der Waals surface area contributed by atoms with Crippen LogP contribution in [-0.2, 0) is 6.42 Å². The summed E-state index contributed by atoms with van der Waals surface area (Å²) in [5.41, 5.74) is 2.67. The first-order valence-electron chi connectivity index (χ1n) is 10.5. The van der Waals surface area contributed by atoms with Crippen molar-refractivity contribution in [2.24, 2.45) is 17.8 Å². The Balaban J connectivity index is 1.61. The summed E-state index contributed by atoms with van der Waals surface area (Å²) in [7, 11) is 1.64. The molecule has 27 heavy (non-hydrogen) atoms. The van der Waals surface area contributed by atoms with Crippen molar-refractivity contribution in [3.05, 3.63) is 53.8 Å². The molecule has 2 aromatic rings. The molecule has 1 saturated carbocycles. The first kappa shape index (κ1) is 19.9. The highest BCUT2D eigenvalue weighted by atomic mass is 19.1. The van der Waals surface area contributed by atoms with Crippen LogP contribution in [0.15, 0.2) is 42.5 Å². The van der Waals surface area contributed by atoms with Crippen molar-refractivity contribution < 1.29 is 9.13 Å². The number of benzene rings is 2. The van der Waals surface area contributed by atoms with Crippen LogP contribution in [-0.4, -0.2) is 7.11 Å². The first-order chi connectivity index (χ1) is 13.1. The molecule has 0 saturated heterocycles. The smallest absolute Gasteiger partial charge is 0.131 e. The fourth-order valence-corrected chi connectivity index (χ4v) is 4.68. The van der Waals surface area contributed by atoms with Crippen LogP contribution in [0.3, 0.4) is 0 Å². The van der Waals surface area contributed by atoms with Gasteiger partial charge < -0.3 is 4.74 Å². The molecule has 0 N–H and O–H groups in total. The monoisotopic (exact) mass is 368 g/mol. The Kier molecular flexibility index (Phi) is 6.93. The van der Waals surface area contributed by atoms with Crippen LogP contribution in [0.4, 0.5) is 4.39 Å². The molecule has 0 bridgehead atoms. The van der Waals surface area contributed by atoms with Crippen LogP contribution in [0.1, 0.15) is 57.9 Å². The molecule has 0 spiro atoms. The van der Waals surface area contributed by atoms with Crippen molar-refractivity contribution in [1.82, 2.24) is 0 Å². The highest BCUT2D eigenvalue weighted by molar-refractivity contribution is 5.65. The third kappa shape index (κ3) is 5.12. The highest BCUT2D eigenvalue weighted by Gasteiger charge is 2.25. The van der Waals surface area contributed by atoms with Crippen molar-refractivity contribution in [2.45, 2.75) is 58.8 Å². The summed E-state index contributed by atoms with van der Waals surface area (Å²) in [4.78, 5) is 0. The molecular weight excluding hydrogens is 335 g/mol. The zero-order valence-corrected chi connectivity index (χ0v) is 17.0. The van der Waals surface area contributed by atoms with E-state index in [1.54, 1.807) is 13.2 Å². The van der Waals surface area contributed by atoms with E-state index in [9.17, 15) is 4.39 Å². The predicted octanol–water partition coefficient (Wildman–Crippen LogP) is 7.29. The Hall–Kier alpha value is -1.83. The van der Waals surface area contributed by atoms with Gasteiger partial charge in [-0.15, -0.1) is 0 Å². The molecular formula is C25H33FO. The van der Waals surface area contributed by atoms with E-state index in [1.165, 1.54) is 38.5 Å². The molecule has 1 unspecified atom stereocenters. The summed E-state index contributed by atoms with van der Waals surface area (Å²) < 4.78 is 19.9. The number of ether oxygens (including phenoxy) is 1. The lowest BCUT2D eigenvalue weighted by atomic mass is 9.73. The number of halogens is 1. The van der Waals surface area contributed by atoms with Crippen LogP contribution < -0.4 is 4.74 Å². The van der Waals surface area contributed by atoms with Gasteiger partial charge in [-0.25, -0.2) is 4.39 Å². The predicted molar refractivity (Wildman–Crippen MR) is 112 cm³/mol. The van der Waals surface area contributed by atoms with E-state index in [-0.39, 0.29) is 5.82 Å². The maximum absolute atomic E-state index is 14.7. The van der Waals surface area contributed by atoms with E-state index < -0.39 is 0 Å². The van der Waals surface area contributed by atoms with E-state index >= 15 is 0 Å². The zero-order valence-electron chi connectivity index (χ0n) is 17.0. The largest absolute Gasteiger partial charge is 0.497 e. The van der Waals surface area contributed by atoms with Gasteiger partial charge in [-0.2, -0.15) is 0 Å². The van der Waals surface area contributed by atoms with Crippen LogP contribution in [0.25, 0.3) is 11.1 Å². The van der Waals surface area contributed by atoms with Gasteiger partial charge >= 0.3 is 0 Å². The van der Waals surface area contributed by atoms with Gasteiger partial charge in [-0.3, -0.25) is 0 Å². The lowest BCUT2D eigenvalue weighted by Gasteiger charge is -2.32. The minimum atomic E-state index is -0.128. The molecule has 0 aliphatic heterocycles. The molecule has 1 aliphatic rings. The maximum atomic E-state index is 14.7. The Morgan fingerprint density at radius 3 is 2.33 bits per heavy atom. The van der Waals surface area contributed by atoms with Crippen molar-refractivity contribution in [3.8, 4) is 16.9 Å². The van der Waals surface area contributed by atoms with Crippen LogP contribution >= 0.6 is 0 Å². The lowest BCUT2D eigenvalue weighted by Crippen LogP contribution is -2.21. The van der Waals surface area contributed by atoms with Gasteiger partial charge in [0.1, 0.15) is 11.6 Å². The second-order valence-corrected chi connectivity index (χ2v) is 8.29. The molecule has 146 valence electrons. The van der Waals surface area contributed by atoms with Crippen molar-refractivity contribution in [1.29, 1.82) is 0 Å². The standard InChI is InChI=1S/C25H33FO/c1-4-5-19-6-9-21(10-7-19)18(2)16-20-8-15-24(25(26)17-20)22-11-13-23(27-3)14-12-22/h8,11-15,17-19,21H,4-7,9-10,16H2,1-3H3. The van der Waals surface area contributed by atoms with Gasteiger partial charge in [0, 0.05) is 5.56 Å². The second-order valence-electron chi connectivity index (χ2n) is 8.29. The Morgan fingerprint density at radius 1 is 1.04 bits per heavy atom. The molecule has 1 atom stereocenters. The summed E-state index contributed by atoms with van der Waals surface area (Å²) in [6.45, 7) is 4.64. The third-order valence-corrected chi connectivity index (χ3v) is 6.39. The minimum Gasteiger partial charge on any atom is -0.497 e. The van der Waals surface area contributed by atoms with Crippen LogP contribution in [0.2, 0.25) is 0 Å². The fraction of sp³-hybridized carbons (Fsp3) is 0.520. The van der Waals surface area contributed by atoms with E-state index in [2.05, 4.69) is 19.9 Å². The van der Waals surface area contributed by atoms with Gasteiger partial charge in [0.25, 0.3) is 0 Å². The summed E-state index contributed by atoms with van der Waals surface area (Å²) in [6, 6.07) is 13.3. The molecule has 1 fully saturated rings. The molecule has 1 aliphatic carbocycles. The Bertz CT molecular complexity index is 714. The van der Waals surface area contributed by atoms with E-state index in [4.69, 9.17) is 4.74 Å². The summed E-state index contributed by atoms with van der Waals surface area (Å²) >= 11 is 0. The fourth-order valence-electron chi connectivity index (χ4n) is 4.68. The van der Waals surface area contributed by atoms with Gasteiger partial charge in [0.2, 0.25) is 0 Å². The average molecular weight is 369 g/mol. The topological polar surface area (TPSA) is 9.23 Å². The second kappa shape index (κ2) is 9.39. The van der Waals surface area contributed by atoms with Gasteiger partial charge in [0.15, 0.2) is 0 Å². The molecule has 0 heterocycles. The lowest BCUT2D eigenvalue weighted by molar-refractivity contribution is 0.206. The highest BCUT2D eigenvalue weighted by Crippen LogP contribution is 2.37. The van der Waals surface area contributed by atoms with Gasteiger partial charge in [0.05, 0.1) is 7.11 Å². The maximum Gasteiger partial charge on any atom is 0.131 e. The minimum absolute atomic E-state index is 0.128. The number of rotatable bonds is 7. The first-order valence-corrected chi connectivity index (χ1v) is 10.5. The quantitative estimate of drug-likeness (QED) is 0.498. The van der Waals surface area contributed by atoms with Gasteiger partial charge in [-0.1, -0.05) is 63.8 Å². The third-order valence-electron chi connectivity index (χ3n) is 6.39. The van der Waals surface area contributed by atoms with Gasteiger partial charge in [-0.05, 0) is 66.3 Å². The number of hydrogen-bond donors (Lipinski definition) is 0. The van der Waals surface area contributed by atoms with Crippen LogP contribution in [0.5, 0.6) is 5.75 Å². The molecule has 0 aromatic heterocycles.